The number of hydrogen-bond acceptors (Lipinski definition) is 5. The van der Waals surface area contributed by atoms with Gasteiger partial charge in [0.15, 0.2) is 6.10 Å². The first kappa shape index (κ1) is 19.2. The van der Waals surface area contributed by atoms with E-state index in [1.54, 1.807) is 25.1 Å². The molecule has 8 heteroatoms. The first-order valence-electron chi connectivity index (χ1n) is 8.86. The highest BCUT2D eigenvalue weighted by molar-refractivity contribution is 6.31. The summed E-state index contributed by atoms with van der Waals surface area (Å²) in [6.45, 7) is 3.10. The third kappa shape index (κ3) is 4.42. The van der Waals surface area contributed by atoms with Crippen LogP contribution in [0.5, 0.6) is 0 Å². The van der Waals surface area contributed by atoms with E-state index in [-0.39, 0.29) is 11.8 Å². The van der Waals surface area contributed by atoms with Crippen LogP contribution < -0.4 is 10.6 Å². The molecule has 0 radical (unpaired) electrons. The van der Waals surface area contributed by atoms with Crippen molar-refractivity contribution in [2.45, 2.75) is 51.7 Å². The number of amides is 3. The Morgan fingerprint density at radius 3 is 2.67 bits per heavy atom. The van der Waals surface area contributed by atoms with Crippen LogP contribution in [0.15, 0.2) is 22.6 Å². The lowest BCUT2D eigenvalue weighted by atomic mass is 10.1. The Bertz CT molecular complexity index is 886. The van der Waals surface area contributed by atoms with Gasteiger partial charge in [-0.15, -0.1) is 0 Å². The standard InChI is InChI=1S/C19H21ClN2O5/c1-10-14-9-12(20)7-8-15(14)27-16(10)18(24)26-11(2)17(23)22-19(25)21-13-5-3-4-6-13/h7-9,11,13H,3-6H2,1-2H3,(H2,21,22,23,25)/t11-/m1/s1. The fraction of sp³-hybridized carbons (Fsp3) is 0.421. The molecule has 1 aromatic heterocycles. The quantitative estimate of drug-likeness (QED) is 0.773. The van der Waals surface area contributed by atoms with E-state index < -0.39 is 24.0 Å². The Kier molecular flexibility index (Phi) is 5.70. The van der Waals surface area contributed by atoms with Crippen LogP contribution in [0.3, 0.4) is 0 Å². The van der Waals surface area contributed by atoms with Crippen LogP contribution in [0.1, 0.15) is 48.7 Å². The van der Waals surface area contributed by atoms with Gasteiger partial charge in [-0.1, -0.05) is 24.4 Å². The van der Waals surface area contributed by atoms with Gasteiger partial charge < -0.3 is 14.5 Å². The molecule has 2 aromatic rings. The minimum absolute atomic E-state index is 0.00215. The molecule has 1 aromatic carbocycles. The summed E-state index contributed by atoms with van der Waals surface area (Å²) in [5.74, 6) is -1.48. The molecular weight excluding hydrogens is 372 g/mol. The second-order valence-electron chi connectivity index (χ2n) is 6.69. The van der Waals surface area contributed by atoms with E-state index in [9.17, 15) is 14.4 Å². The number of ether oxygens (including phenoxy) is 1. The average Bonchev–Trinajstić information content (AvgIpc) is 3.23. The van der Waals surface area contributed by atoms with Crippen molar-refractivity contribution in [3.8, 4) is 0 Å². The number of urea groups is 1. The zero-order valence-corrected chi connectivity index (χ0v) is 15.9. The van der Waals surface area contributed by atoms with Crippen molar-refractivity contribution in [3.63, 3.8) is 0 Å². The maximum absolute atomic E-state index is 12.4. The molecule has 0 saturated heterocycles. The van der Waals surface area contributed by atoms with Crippen LogP contribution in [0.2, 0.25) is 5.02 Å². The van der Waals surface area contributed by atoms with E-state index in [4.69, 9.17) is 20.8 Å². The lowest BCUT2D eigenvalue weighted by molar-refractivity contribution is -0.128. The molecule has 1 heterocycles. The summed E-state index contributed by atoms with van der Waals surface area (Å²) in [7, 11) is 0. The third-order valence-corrected chi connectivity index (χ3v) is 4.90. The van der Waals surface area contributed by atoms with Crippen LogP contribution in [0.4, 0.5) is 4.79 Å². The lowest BCUT2D eigenvalue weighted by Gasteiger charge is -2.15. The average molecular weight is 393 g/mol. The number of esters is 1. The van der Waals surface area contributed by atoms with Gasteiger partial charge in [-0.2, -0.15) is 0 Å². The molecule has 2 N–H and O–H groups in total. The molecule has 0 aliphatic heterocycles. The molecule has 1 saturated carbocycles. The van der Waals surface area contributed by atoms with Gasteiger partial charge in [-0.25, -0.2) is 9.59 Å². The van der Waals surface area contributed by atoms with Crippen molar-refractivity contribution in [1.82, 2.24) is 10.6 Å². The molecule has 1 atom stereocenters. The van der Waals surface area contributed by atoms with E-state index in [1.807, 2.05) is 0 Å². The second kappa shape index (κ2) is 8.00. The van der Waals surface area contributed by atoms with Crippen molar-refractivity contribution in [3.05, 3.63) is 34.5 Å². The molecule has 1 fully saturated rings. The Morgan fingerprint density at radius 1 is 1.26 bits per heavy atom. The summed E-state index contributed by atoms with van der Waals surface area (Å²) in [5.41, 5.74) is 1.07. The largest absolute Gasteiger partial charge is 0.449 e. The number of furan rings is 1. The molecule has 1 aliphatic carbocycles. The number of benzene rings is 1. The number of nitrogens with one attached hydrogen (secondary N) is 2. The van der Waals surface area contributed by atoms with E-state index >= 15 is 0 Å². The Balaban J connectivity index is 1.60. The molecule has 0 bridgehead atoms. The molecular formula is C19H21ClN2O5. The van der Waals surface area contributed by atoms with Gasteiger partial charge in [-0.05, 0) is 44.9 Å². The van der Waals surface area contributed by atoms with Gasteiger partial charge in [0.05, 0.1) is 0 Å². The van der Waals surface area contributed by atoms with Crippen molar-refractivity contribution in [2.75, 3.05) is 0 Å². The molecule has 27 heavy (non-hydrogen) atoms. The van der Waals surface area contributed by atoms with Gasteiger partial charge in [0, 0.05) is 22.0 Å². The first-order valence-corrected chi connectivity index (χ1v) is 9.24. The highest BCUT2D eigenvalue weighted by atomic mass is 35.5. The highest BCUT2D eigenvalue weighted by Crippen LogP contribution is 2.28. The monoisotopic (exact) mass is 392 g/mol. The van der Waals surface area contributed by atoms with Crippen LogP contribution in [0, 0.1) is 6.92 Å². The number of rotatable bonds is 4. The number of imide groups is 1. The first-order chi connectivity index (χ1) is 12.8. The van der Waals surface area contributed by atoms with Crippen LogP contribution in [0.25, 0.3) is 11.0 Å². The van der Waals surface area contributed by atoms with E-state index in [0.717, 1.165) is 25.7 Å². The lowest BCUT2D eigenvalue weighted by Crippen LogP contribution is -2.47. The summed E-state index contributed by atoms with van der Waals surface area (Å²) in [6, 6.07) is 4.51. The Morgan fingerprint density at radius 2 is 1.96 bits per heavy atom. The van der Waals surface area contributed by atoms with Crippen molar-refractivity contribution >= 4 is 40.5 Å². The number of halogens is 1. The molecule has 7 nitrogen and oxygen atoms in total. The minimum Gasteiger partial charge on any atom is -0.449 e. The zero-order chi connectivity index (χ0) is 19.6. The van der Waals surface area contributed by atoms with Gasteiger partial charge in [0.2, 0.25) is 5.76 Å². The summed E-state index contributed by atoms with van der Waals surface area (Å²) in [4.78, 5) is 36.3. The SMILES string of the molecule is Cc1c(C(=O)O[C@H](C)C(=O)NC(=O)NC2CCCC2)oc2ccc(Cl)cc12. The maximum Gasteiger partial charge on any atom is 0.375 e. The molecule has 0 unspecified atom stereocenters. The van der Waals surface area contributed by atoms with E-state index in [1.165, 1.54) is 6.92 Å². The third-order valence-electron chi connectivity index (χ3n) is 4.66. The number of carbonyl (C=O) groups is 3. The van der Waals surface area contributed by atoms with Gasteiger partial charge in [0.1, 0.15) is 5.58 Å². The fourth-order valence-corrected chi connectivity index (χ4v) is 3.33. The number of hydrogen-bond donors (Lipinski definition) is 2. The Labute approximate surface area is 161 Å². The molecule has 3 rings (SSSR count). The number of carbonyl (C=O) groups excluding carboxylic acids is 3. The van der Waals surface area contributed by atoms with E-state index in [2.05, 4.69) is 10.6 Å². The van der Waals surface area contributed by atoms with Crippen molar-refractivity contribution in [2.24, 2.45) is 0 Å². The molecule has 3 amide bonds. The molecule has 144 valence electrons. The summed E-state index contributed by atoms with van der Waals surface area (Å²) in [5, 5.41) is 6.15. The van der Waals surface area contributed by atoms with E-state index in [0.29, 0.717) is 21.6 Å². The van der Waals surface area contributed by atoms with Crippen LogP contribution in [-0.4, -0.2) is 30.1 Å². The maximum atomic E-state index is 12.4. The van der Waals surface area contributed by atoms with Gasteiger partial charge in [0.25, 0.3) is 5.91 Å². The number of aryl methyl sites for hydroxylation is 1. The predicted octanol–water partition coefficient (Wildman–Crippen LogP) is 3.71. The van der Waals surface area contributed by atoms with Gasteiger partial charge in [-0.3, -0.25) is 10.1 Å². The molecule has 1 aliphatic rings. The van der Waals surface area contributed by atoms with Crippen LogP contribution >= 0.6 is 11.6 Å². The molecule has 0 spiro atoms. The highest BCUT2D eigenvalue weighted by Gasteiger charge is 2.26. The van der Waals surface area contributed by atoms with Crippen LogP contribution in [-0.2, 0) is 9.53 Å². The van der Waals surface area contributed by atoms with Crippen molar-refractivity contribution in [1.29, 1.82) is 0 Å². The Hall–Kier alpha value is -2.54. The summed E-state index contributed by atoms with van der Waals surface area (Å²) in [6.07, 6.45) is 2.79. The fourth-order valence-electron chi connectivity index (χ4n) is 3.16. The minimum atomic E-state index is -1.15. The number of fused-ring (bicyclic) bond motifs is 1. The van der Waals surface area contributed by atoms with Gasteiger partial charge >= 0.3 is 12.0 Å². The predicted molar refractivity (Wildman–Crippen MR) is 99.8 cm³/mol. The topological polar surface area (TPSA) is 97.6 Å². The normalized spacial score (nSPS) is 15.5. The summed E-state index contributed by atoms with van der Waals surface area (Å²) < 4.78 is 10.7. The summed E-state index contributed by atoms with van der Waals surface area (Å²) >= 11 is 5.97. The zero-order valence-electron chi connectivity index (χ0n) is 15.1. The van der Waals surface area contributed by atoms with Crippen molar-refractivity contribution < 1.29 is 23.5 Å². The second-order valence-corrected chi connectivity index (χ2v) is 7.12. The smallest absolute Gasteiger partial charge is 0.375 e.